The molecule has 20 heavy (non-hydrogen) atoms. The quantitative estimate of drug-likeness (QED) is 0.799. The van der Waals surface area contributed by atoms with E-state index in [1.54, 1.807) is 7.11 Å². The molecule has 2 aromatic carbocycles. The van der Waals surface area contributed by atoms with Gasteiger partial charge in [-0.15, -0.1) is 0 Å². The summed E-state index contributed by atoms with van der Waals surface area (Å²) in [6.07, 6.45) is 2.28. The molecular formula is C17H18INO. The fourth-order valence-electron chi connectivity index (χ4n) is 2.80. The third-order valence-corrected chi connectivity index (χ3v) is 4.56. The molecular weight excluding hydrogens is 361 g/mol. The summed E-state index contributed by atoms with van der Waals surface area (Å²) in [6.45, 7) is 1.05. The lowest BCUT2D eigenvalue weighted by Crippen LogP contribution is -2.22. The first-order chi connectivity index (χ1) is 9.78. The van der Waals surface area contributed by atoms with Crippen molar-refractivity contribution in [3.63, 3.8) is 0 Å². The van der Waals surface area contributed by atoms with Crippen LogP contribution in [0.4, 0.5) is 0 Å². The molecule has 2 aromatic rings. The molecule has 0 saturated carbocycles. The van der Waals surface area contributed by atoms with E-state index in [0.29, 0.717) is 0 Å². The Morgan fingerprint density at radius 2 is 1.95 bits per heavy atom. The van der Waals surface area contributed by atoms with E-state index in [1.807, 2.05) is 0 Å². The zero-order valence-corrected chi connectivity index (χ0v) is 13.7. The second-order valence-corrected chi connectivity index (χ2v) is 6.35. The van der Waals surface area contributed by atoms with Gasteiger partial charge in [0.25, 0.3) is 0 Å². The number of methoxy groups -OCH3 is 1. The Labute approximate surface area is 133 Å². The fraction of sp³-hybridized carbons (Fsp3) is 0.294. The third kappa shape index (κ3) is 2.83. The highest BCUT2D eigenvalue weighted by molar-refractivity contribution is 14.1. The van der Waals surface area contributed by atoms with Gasteiger partial charge in [-0.2, -0.15) is 0 Å². The highest BCUT2D eigenvalue weighted by Crippen LogP contribution is 2.31. The van der Waals surface area contributed by atoms with Gasteiger partial charge in [0.15, 0.2) is 0 Å². The first-order valence-corrected chi connectivity index (χ1v) is 8.01. The molecule has 3 heteroatoms. The smallest absolute Gasteiger partial charge is 0.119 e. The van der Waals surface area contributed by atoms with E-state index in [1.165, 1.54) is 26.7 Å². The maximum atomic E-state index is 5.36. The highest BCUT2D eigenvalue weighted by Gasteiger charge is 2.20. The van der Waals surface area contributed by atoms with Crippen LogP contribution in [0.3, 0.4) is 0 Å². The van der Waals surface area contributed by atoms with Crippen LogP contribution in [0.5, 0.6) is 5.75 Å². The number of ether oxygens (including phenoxy) is 1. The lowest BCUT2D eigenvalue weighted by molar-refractivity contribution is 0.414. The van der Waals surface area contributed by atoms with Crippen LogP contribution in [-0.4, -0.2) is 13.7 Å². The summed E-state index contributed by atoms with van der Waals surface area (Å²) in [5, 5.41) is 3.67. The normalized spacial score (nSPS) is 18.2. The van der Waals surface area contributed by atoms with Gasteiger partial charge < -0.3 is 10.1 Å². The van der Waals surface area contributed by atoms with Crippen LogP contribution >= 0.6 is 22.6 Å². The third-order valence-electron chi connectivity index (χ3n) is 3.84. The van der Waals surface area contributed by atoms with Gasteiger partial charge >= 0.3 is 0 Å². The number of rotatable bonds is 2. The number of nitrogens with one attached hydrogen (secondary N) is 1. The van der Waals surface area contributed by atoms with Gasteiger partial charge in [-0.3, -0.25) is 0 Å². The molecule has 2 nitrogen and oxygen atoms in total. The van der Waals surface area contributed by atoms with Crippen molar-refractivity contribution in [2.45, 2.75) is 18.9 Å². The molecule has 1 N–H and O–H groups in total. The van der Waals surface area contributed by atoms with Gasteiger partial charge in [0.05, 0.1) is 13.2 Å². The van der Waals surface area contributed by atoms with Crippen LogP contribution < -0.4 is 10.1 Å². The predicted molar refractivity (Wildman–Crippen MR) is 90.3 cm³/mol. The van der Waals surface area contributed by atoms with Gasteiger partial charge in [-0.05, 0) is 82.9 Å². The van der Waals surface area contributed by atoms with E-state index in [2.05, 4.69) is 70.4 Å². The van der Waals surface area contributed by atoms with Crippen molar-refractivity contribution in [1.82, 2.24) is 5.32 Å². The minimum absolute atomic E-state index is 0.287. The molecule has 1 unspecified atom stereocenters. The standard InChI is InChI=1S/C17H18INO/c1-20-15-8-9-16-13(11-15)3-2-10-19-17(16)12-4-6-14(18)7-5-12/h4-9,11,17,19H,2-3,10H2,1H3. The van der Waals surface area contributed by atoms with Gasteiger partial charge in [0.1, 0.15) is 5.75 Å². The van der Waals surface area contributed by atoms with Crippen molar-refractivity contribution in [1.29, 1.82) is 0 Å². The van der Waals surface area contributed by atoms with Crippen LogP contribution in [0.2, 0.25) is 0 Å². The van der Waals surface area contributed by atoms with Crippen molar-refractivity contribution >= 4 is 22.6 Å². The van der Waals surface area contributed by atoms with Gasteiger partial charge in [-0.1, -0.05) is 18.2 Å². The number of hydrogen-bond acceptors (Lipinski definition) is 2. The molecule has 104 valence electrons. The number of halogens is 1. The highest BCUT2D eigenvalue weighted by atomic mass is 127. The first kappa shape index (κ1) is 13.9. The lowest BCUT2D eigenvalue weighted by atomic mass is 9.94. The van der Waals surface area contributed by atoms with Crippen molar-refractivity contribution in [3.05, 3.63) is 62.7 Å². The molecule has 0 spiro atoms. The Bertz CT molecular complexity index is 594. The molecule has 1 aliphatic rings. The van der Waals surface area contributed by atoms with E-state index in [-0.39, 0.29) is 6.04 Å². The van der Waals surface area contributed by atoms with E-state index in [0.717, 1.165) is 18.7 Å². The van der Waals surface area contributed by atoms with E-state index >= 15 is 0 Å². The predicted octanol–water partition coefficient (Wildman–Crippen LogP) is 3.93. The van der Waals surface area contributed by atoms with E-state index in [4.69, 9.17) is 4.74 Å². The topological polar surface area (TPSA) is 21.3 Å². The Morgan fingerprint density at radius 3 is 2.70 bits per heavy atom. The largest absolute Gasteiger partial charge is 0.497 e. The summed E-state index contributed by atoms with van der Waals surface area (Å²) < 4.78 is 6.63. The van der Waals surface area contributed by atoms with Crippen molar-refractivity contribution in [2.24, 2.45) is 0 Å². The average Bonchev–Trinajstić information content (AvgIpc) is 2.69. The molecule has 1 atom stereocenters. The Kier molecular flexibility index (Phi) is 4.27. The summed E-state index contributed by atoms with van der Waals surface area (Å²) >= 11 is 2.35. The molecule has 1 aliphatic heterocycles. The summed E-state index contributed by atoms with van der Waals surface area (Å²) in [6, 6.07) is 15.5. The maximum Gasteiger partial charge on any atom is 0.119 e. The van der Waals surface area contributed by atoms with E-state index < -0.39 is 0 Å². The van der Waals surface area contributed by atoms with Crippen LogP contribution in [0.15, 0.2) is 42.5 Å². The molecule has 0 aliphatic carbocycles. The second kappa shape index (κ2) is 6.14. The summed E-state index contributed by atoms with van der Waals surface area (Å²) in [7, 11) is 1.73. The Hall–Kier alpha value is -1.07. The molecule has 0 radical (unpaired) electrons. The van der Waals surface area contributed by atoms with Crippen molar-refractivity contribution in [3.8, 4) is 5.75 Å². The number of fused-ring (bicyclic) bond motifs is 1. The summed E-state index contributed by atoms with van der Waals surface area (Å²) in [4.78, 5) is 0. The Morgan fingerprint density at radius 1 is 1.15 bits per heavy atom. The molecule has 0 aromatic heterocycles. The van der Waals surface area contributed by atoms with Gasteiger partial charge in [-0.25, -0.2) is 0 Å². The van der Waals surface area contributed by atoms with Crippen LogP contribution in [-0.2, 0) is 6.42 Å². The molecule has 3 rings (SSSR count). The minimum Gasteiger partial charge on any atom is -0.497 e. The molecule has 0 amide bonds. The fourth-order valence-corrected chi connectivity index (χ4v) is 3.15. The number of hydrogen-bond donors (Lipinski definition) is 1. The summed E-state index contributed by atoms with van der Waals surface area (Å²) in [5.74, 6) is 0.951. The average molecular weight is 379 g/mol. The zero-order valence-electron chi connectivity index (χ0n) is 11.5. The molecule has 1 heterocycles. The van der Waals surface area contributed by atoms with E-state index in [9.17, 15) is 0 Å². The van der Waals surface area contributed by atoms with Crippen molar-refractivity contribution in [2.75, 3.05) is 13.7 Å². The Balaban J connectivity index is 2.02. The number of benzene rings is 2. The van der Waals surface area contributed by atoms with Gasteiger partial charge in [0.2, 0.25) is 0 Å². The van der Waals surface area contributed by atoms with Crippen LogP contribution in [0, 0.1) is 3.57 Å². The van der Waals surface area contributed by atoms with Crippen LogP contribution in [0.1, 0.15) is 29.2 Å². The minimum atomic E-state index is 0.287. The summed E-state index contributed by atoms with van der Waals surface area (Å²) in [5.41, 5.74) is 4.11. The lowest BCUT2D eigenvalue weighted by Gasteiger charge is -2.20. The maximum absolute atomic E-state index is 5.36. The molecule has 0 bridgehead atoms. The molecule has 0 saturated heterocycles. The SMILES string of the molecule is COc1ccc2c(c1)CCCNC2c1ccc(I)cc1. The van der Waals surface area contributed by atoms with Gasteiger partial charge in [0, 0.05) is 3.57 Å². The van der Waals surface area contributed by atoms with Crippen molar-refractivity contribution < 1.29 is 4.74 Å². The zero-order chi connectivity index (χ0) is 13.9. The van der Waals surface area contributed by atoms with Crippen LogP contribution in [0.25, 0.3) is 0 Å². The number of aryl methyl sites for hydroxylation is 1. The molecule has 0 fully saturated rings. The monoisotopic (exact) mass is 379 g/mol. The second-order valence-electron chi connectivity index (χ2n) is 5.11. The first-order valence-electron chi connectivity index (χ1n) is 6.93.